The molecule has 1 amide bonds. The fourth-order valence-corrected chi connectivity index (χ4v) is 3.79. The molecule has 1 aromatic heterocycles. The van der Waals surface area contributed by atoms with E-state index in [0.29, 0.717) is 4.91 Å². The number of carbonyl (C=O) groups excluding carboxylic acids is 1. The van der Waals surface area contributed by atoms with Gasteiger partial charge in [-0.15, -0.1) is 0 Å². The highest BCUT2D eigenvalue weighted by atomic mass is 32.2. The Morgan fingerprint density at radius 2 is 1.96 bits per heavy atom. The van der Waals surface area contributed by atoms with Gasteiger partial charge in [0, 0.05) is 12.4 Å². The highest BCUT2D eigenvalue weighted by Crippen LogP contribution is 2.38. The summed E-state index contributed by atoms with van der Waals surface area (Å²) >= 11 is 1.51. The second kappa shape index (κ2) is 6.27. The molecule has 24 heavy (non-hydrogen) atoms. The highest BCUT2D eigenvalue weighted by molar-refractivity contribution is 8.05. The van der Waals surface area contributed by atoms with Gasteiger partial charge in [0.05, 0.1) is 12.0 Å². The number of rotatable bonds is 3. The Hall–Kier alpha value is -2.35. The van der Waals surface area contributed by atoms with Crippen LogP contribution in [-0.2, 0) is 4.79 Å². The van der Waals surface area contributed by atoms with Gasteiger partial charge in [0.1, 0.15) is 11.9 Å². The standard InChI is InChI=1S/C17H16N4O2S/c1-23-13-4-2-11(3-5-13)10-14-16(22)21-17(24-14)19-15(20-21)12-6-8-18-9-7-12/h2-10,15,17,19-20H,1H3/b14-10-. The molecule has 0 bridgehead atoms. The largest absolute Gasteiger partial charge is 0.497 e. The van der Waals surface area contributed by atoms with Crippen molar-refractivity contribution in [2.75, 3.05) is 7.11 Å². The number of nitrogens with one attached hydrogen (secondary N) is 2. The molecule has 0 spiro atoms. The lowest BCUT2D eigenvalue weighted by Crippen LogP contribution is -2.37. The topological polar surface area (TPSA) is 66.5 Å². The van der Waals surface area contributed by atoms with Gasteiger partial charge >= 0.3 is 0 Å². The third kappa shape index (κ3) is 2.77. The second-order valence-electron chi connectivity index (χ2n) is 5.44. The Kier molecular flexibility index (Phi) is 3.97. The average molecular weight is 340 g/mol. The normalized spacial score (nSPS) is 24.5. The van der Waals surface area contributed by atoms with Crippen LogP contribution in [0.15, 0.2) is 53.7 Å². The first-order valence-electron chi connectivity index (χ1n) is 7.53. The van der Waals surface area contributed by atoms with Crippen molar-refractivity contribution in [1.82, 2.24) is 20.7 Å². The van der Waals surface area contributed by atoms with Crippen molar-refractivity contribution in [3.05, 3.63) is 64.8 Å². The minimum atomic E-state index is -0.111. The summed E-state index contributed by atoms with van der Waals surface area (Å²) in [6.07, 6.45) is 5.30. The van der Waals surface area contributed by atoms with E-state index in [1.54, 1.807) is 24.5 Å². The number of carbonyl (C=O) groups is 1. The Morgan fingerprint density at radius 1 is 1.21 bits per heavy atom. The van der Waals surface area contributed by atoms with Gasteiger partial charge in [0.15, 0.2) is 5.50 Å². The Balaban J connectivity index is 1.49. The van der Waals surface area contributed by atoms with Gasteiger partial charge < -0.3 is 4.74 Å². The molecule has 2 aliphatic rings. The summed E-state index contributed by atoms with van der Waals surface area (Å²) < 4.78 is 5.15. The van der Waals surface area contributed by atoms with E-state index in [-0.39, 0.29) is 17.6 Å². The van der Waals surface area contributed by atoms with Crippen LogP contribution in [0.5, 0.6) is 5.75 Å². The molecule has 2 fully saturated rings. The number of hydrogen-bond donors (Lipinski definition) is 2. The summed E-state index contributed by atoms with van der Waals surface area (Å²) in [4.78, 5) is 17.3. The van der Waals surface area contributed by atoms with Crippen molar-refractivity contribution in [3.8, 4) is 5.75 Å². The Bertz CT molecular complexity index is 779. The van der Waals surface area contributed by atoms with Crippen molar-refractivity contribution in [1.29, 1.82) is 0 Å². The van der Waals surface area contributed by atoms with Crippen molar-refractivity contribution in [2.24, 2.45) is 0 Å². The first-order chi connectivity index (χ1) is 11.7. The van der Waals surface area contributed by atoms with Gasteiger partial charge in [-0.2, -0.15) is 0 Å². The van der Waals surface area contributed by atoms with Crippen molar-refractivity contribution in [2.45, 2.75) is 11.7 Å². The molecule has 2 atom stereocenters. The molecule has 2 N–H and O–H groups in total. The number of hydrogen-bond acceptors (Lipinski definition) is 6. The van der Waals surface area contributed by atoms with Crippen LogP contribution < -0.4 is 15.5 Å². The molecule has 0 radical (unpaired) electrons. The maximum absolute atomic E-state index is 12.6. The van der Waals surface area contributed by atoms with Crippen LogP contribution in [0.2, 0.25) is 0 Å². The van der Waals surface area contributed by atoms with E-state index in [2.05, 4.69) is 15.7 Å². The zero-order valence-electron chi connectivity index (χ0n) is 13.0. The molecular weight excluding hydrogens is 324 g/mol. The van der Waals surface area contributed by atoms with Gasteiger partial charge in [-0.1, -0.05) is 23.9 Å². The summed E-state index contributed by atoms with van der Waals surface area (Å²) in [5.41, 5.74) is 5.13. The summed E-state index contributed by atoms with van der Waals surface area (Å²) in [6.45, 7) is 0. The molecule has 4 rings (SSSR count). The molecule has 6 nitrogen and oxygen atoms in total. The summed E-state index contributed by atoms with van der Waals surface area (Å²) in [5, 5.41) is 5.05. The minimum Gasteiger partial charge on any atom is -0.497 e. The predicted molar refractivity (Wildman–Crippen MR) is 92.4 cm³/mol. The van der Waals surface area contributed by atoms with Gasteiger partial charge in [-0.25, -0.2) is 10.4 Å². The lowest BCUT2D eigenvalue weighted by molar-refractivity contribution is -0.127. The van der Waals surface area contributed by atoms with Crippen LogP contribution >= 0.6 is 11.8 Å². The van der Waals surface area contributed by atoms with Gasteiger partial charge in [0.25, 0.3) is 5.91 Å². The third-order valence-corrected chi connectivity index (χ3v) is 5.05. The zero-order chi connectivity index (χ0) is 16.5. The SMILES string of the molecule is COc1ccc(/C=C2\SC3NC(c4ccncc4)NN3C2=O)cc1. The number of amides is 1. The average Bonchev–Trinajstić information content (AvgIpc) is 3.17. The fourth-order valence-electron chi connectivity index (χ4n) is 2.68. The molecule has 2 saturated heterocycles. The summed E-state index contributed by atoms with van der Waals surface area (Å²) in [5.74, 6) is 0.775. The zero-order valence-corrected chi connectivity index (χ0v) is 13.8. The van der Waals surface area contributed by atoms with Crippen LogP contribution in [0, 0.1) is 0 Å². The first kappa shape index (κ1) is 15.2. The van der Waals surface area contributed by atoms with Crippen LogP contribution in [-0.4, -0.2) is 28.5 Å². The number of ether oxygens (including phenoxy) is 1. The molecule has 7 heteroatoms. The minimum absolute atomic E-state index is 0.0233. The van der Waals surface area contributed by atoms with Crippen LogP contribution in [0.1, 0.15) is 17.3 Å². The molecule has 3 heterocycles. The van der Waals surface area contributed by atoms with Crippen molar-refractivity contribution in [3.63, 3.8) is 0 Å². The Labute approximate surface area is 143 Å². The molecule has 1 aromatic carbocycles. The number of nitrogens with zero attached hydrogens (tertiary/aromatic N) is 2. The molecule has 2 aromatic rings. The number of aromatic nitrogens is 1. The number of benzene rings is 1. The summed E-state index contributed by atoms with van der Waals surface area (Å²) in [6, 6.07) is 11.5. The van der Waals surface area contributed by atoms with E-state index in [0.717, 1.165) is 16.9 Å². The molecule has 122 valence electrons. The lowest BCUT2D eigenvalue weighted by atomic mass is 10.2. The van der Waals surface area contributed by atoms with E-state index in [9.17, 15) is 4.79 Å². The van der Waals surface area contributed by atoms with E-state index < -0.39 is 0 Å². The van der Waals surface area contributed by atoms with Gasteiger partial charge in [0.2, 0.25) is 0 Å². The number of methoxy groups -OCH3 is 1. The van der Waals surface area contributed by atoms with E-state index >= 15 is 0 Å². The Morgan fingerprint density at radius 3 is 2.62 bits per heavy atom. The maximum Gasteiger partial charge on any atom is 0.276 e. The van der Waals surface area contributed by atoms with Crippen molar-refractivity contribution < 1.29 is 9.53 Å². The maximum atomic E-state index is 12.6. The van der Waals surface area contributed by atoms with Gasteiger partial charge in [-0.05, 0) is 41.5 Å². The van der Waals surface area contributed by atoms with Crippen LogP contribution in [0.25, 0.3) is 6.08 Å². The molecular formula is C17H16N4O2S. The molecule has 2 unspecified atom stereocenters. The number of pyridine rings is 1. The van der Waals surface area contributed by atoms with Crippen LogP contribution in [0.4, 0.5) is 0 Å². The predicted octanol–water partition coefficient (Wildman–Crippen LogP) is 2.10. The van der Waals surface area contributed by atoms with Crippen molar-refractivity contribution >= 4 is 23.7 Å². The summed E-state index contributed by atoms with van der Waals surface area (Å²) in [7, 11) is 1.63. The number of fused-ring (bicyclic) bond motifs is 1. The highest BCUT2D eigenvalue weighted by Gasteiger charge is 2.43. The lowest BCUT2D eigenvalue weighted by Gasteiger charge is -2.13. The number of thioether (sulfide) groups is 1. The molecule has 0 aliphatic carbocycles. The van der Waals surface area contributed by atoms with Crippen LogP contribution in [0.3, 0.4) is 0 Å². The molecule has 0 saturated carbocycles. The quantitative estimate of drug-likeness (QED) is 0.834. The first-order valence-corrected chi connectivity index (χ1v) is 8.41. The third-order valence-electron chi connectivity index (χ3n) is 3.93. The monoisotopic (exact) mass is 340 g/mol. The van der Waals surface area contributed by atoms with E-state index in [1.165, 1.54) is 11.8 Å². The van der Waals surface area contributed by atoms with Gasteiger partial charge in [-0.3, -0.25) is 15.1 Å². The van der Waals surface area contributed by atoms with E-state index in [1.807, 2.05) is 42.5 Å². The smallest absolute Gasteiger partial charge is 0.276 e. The second-order valence-corrected chi connectivity index (χ2v) is 6.56. The molecule has 2 aliphatic heterocycles. The fraction of sp³-hybridized carbons (Fsp3) is 0.176. The number of hydrazine groups is 1. The van der Waals surface area contributed by atoms with E-state index in [4.69, 9.17) is 4.74 Å².